The third-order valence-corrected chi connectivity index (χ3v) is 4.61. The van der Waals surface area contributed by atoms with Crippen LogP contribution in [0.15, 0.2) is 0 Å². The molecule has 0 heterocycles. The van der Waals surface area contributed by atoms with Gasteiger partial charge in [-0.15, -0.1) is 22.2 Å². The zero-order valence-corrected chi connectivity index (χ0v) is 13.2. The SMILES string of the molecule is FC(F)C(F)(F)C(F)(F)C(F)(F)C(F)(F)C(F)(F)CC[Si](F)(Cl)Cl. The summed E-state index contributed by atoms with van der Waals surface area (Å²) < 4.78 is 165. The number of rotatable bonds is 8. The number of hydrogen-bond acceptors (Lipinski definition) is 0. The Kier molecular flexibility index (Phi) is 6.53. The molecule has 0 N–H and O–H groups in total. The second kappa shape index (κ2) is 6.56. The third-order valence-electron chi connectivity index (χ3n) is 2.66. The van der Waals surface area contributed by atoms with Gasteiger partial charge >= 0.3 is 43.1 Å². The van der Waals surface area contributed by atoms with Crippen LogP contribution >= 0.6 is 22.2 Å². The largest absolute Gasteiger partial charge is 0.433 e. The maximum atomic E-state index is 13.1. The summed E-state index contributed by atoms with van der Waals surface area (Å²) >= 11 is 9.22. The molecule has 0 nitrogen and oxygen atoms in total. The van der Waals surface area contributed by atoms with Crippen molar-refractivity contribution < 1.29 is 56.8 Å². The van der Waals surface area contributed by atoms with Gasteiger partial charge in [0.05, 0.1) is 0 Å². The molecule has 0 bridgehead atoms. The van der Waals surface area contributed by atoms with Gasteiger partial charge in [-0.3, -0.25) is 4.11 Å². The maximum Gasteiger partial charge on any atom is 0.433 e. The summed E-state index contributed by atoms with van der Waals surface area (Å²) in [5.74, 6) is -35.7. The summed E-state index contributed by atoms with van der Waals surface area (Å²) in [4.78, 5) is 0. The lowest BCUT2D eigenvalue weighted by Crippen LogP contribution is -2.68. The van der Waals surface area contributed by atoms with Crippen LogP contribution in [0.3, 0.4) is 0 Å². The van der Waals surface area contributed by atoms with Gasteiger partial charge < -0.3 is 0 Å². The molecule has 0 spiro atoms. The van der Waals surface area contributed by atoms with Crippen LogP contribution in [-0.2, 0) is 0 Å². The van der Waals surface area contributed by atoms with E-state index in [9.17, 15) is 56.8 Å². The number of halogens is 15. The Balaban J connectivity index is 5.89. The molecule has 0 saturated carbocycles. The van der Waals surface area contributed by atoms with Crippen molar-refractivity contribution in [3.63, 3.8) is 0 Å². The van der Waals surface area contributed by atoms with Gasteiger partial charge in [0.1, 0.15) is 0 Å². The fourth-order valence-electron chi connectivity index (χ4n) is 1.23. The second-order valence-corrected chi connectivity index (χ2v) is 10.4. The van der Waals surface area contributed by atoms with Crippen molar-refractivity contribution in [3.05, 3.63) is 0 Å². The molecular weight excluding hydrogens is 442 g/mol. The fraction of sp³-hybridized carbons (Fsp3) is 1.00. The van der Waals surface area contributed by atoms with E-state index < -0.39 is 55.5 Å². The van der Waals surface area contributed by atoms with Crippen molar-refractivity contribution in [3.8, 4) is 0 Å². The van der Waals surface area contributed by atoms with Gasteiger partial charge in [0.25, 0.3) is 0 Å². The van der Waals surface area contributed by atoms with E-state index in [1.807, 2.05) is 0 Å². The van der Waals surface area contributed by atoms with E-state index in [2.05, 4.69) is 22.2 Å². The highest BCUT2D eigenvalue weighted by atomic mass is 35.7. The summed E-state index contributed by atoms with van der Waals surface area (Å²) in [5, 5.41) is 0. The van der Waals surface area contributed by atoms with Crippen LogP contribution in [0, 0.1) is 0 Å². The van der Waals surface area contributed by atoms with Crippen molar-refractivity contribution in [2.75, 3.05) is 0 Å². The van der Waals surface area contributed by atoms with E-state index in [4.69, 9.17) is 0 Å². The van der Waals surface area contributed by atoms with Crippen molar-refractivity contribution >= 4 is 29.2 Å². The fourth-order valence-corrected chi connectivity index (χ4v) is 2.39. The smallest absolute Gasteiger partial charge is 0.272 e. The first kappa shape index (κ1) is 23.9. The van der Waals surface area contributed by atoms with Crippen LogP contribution < -0.4 is 0 Å². The Bertz CT molecular complexity index is 444. The van der Waals surface area contributed by atoms with Crippen molar-refractivity contribution in [2.45, 2.75) is 48.5 Å². The Labute approximate surface area is 135 Å². The quantitative estimate of drug-likeness (QED) is 0.236. The molecular formula is C8H5Cl2F13Si. The lowest BCUT2D eigenvalue weighted by molar-refractivity contribution is -0.412. The Morgan fingerprint density at radius 1 is 0.708 bits per heavy atom. The molecule has 146 valence electrons. The van der Waals surface area contributed by atoms with E-state index in [-0.39, 0.29) is 0 Å². The molecule has 0 aromatic rings. The normalized spacial score (nSPS) is 16.0. The zero-order valence-electron chi connectivity index (χ0n) is 10.7. The maximum absolute atomic E-state index is 13.1. The molecule has 0 rings (SSSR count). The van der Waals surface area contributed by atoms with Crippen molar-refractivity contribution in [1.29, 1.82) is 0 Å². The standard InChI is InChI=1S/C8H5Cl2F13Si/c9-24(10,23)2-1-4(13,14)6(17,18)8(21,22)7(19,20)5(15,16)3(11)12/h3H,1-2H2. The van der Waals surface area contributed by atoms with Crippen LogP contribution in [0.1, 0.15) is 6.42 Å². The zero-order chi connectivity index (χ0) is 20.0. The van der Waals surface area contributed by atoms with Crippen LogP contribution in [0.5, 0.6) is 0 Å². The van der Waals surface area contributed by atoms with Gasteiger partial charge in [-0.1, -0.05) is 0 Å². The Morgan fingerprint density at radius 2 is 1.08 bits per heavy atom. The van der Waals surface area contributed by atoms with Crippen LogP contribution in [0.2, 0.25) is 6.04 Å². The molecule has 0 aliphatic heterocycles. The average Bonchev–Trinajstić information content (AvgIpc) is 2.34. The third kappa shape index (κ3) is 4.00. The van der Waals surface area contributed by atoms with E-state index in [1.54, 1.807) is 0 Å². The molecule has 16 heteroatoms. The van der Waals surface area contributed by atoms with E-state index in [1.165, 1.54) is 0 Å². The Hall–Kier alpha value is -0.113. The highest BCUT2D eigenvalue weighted by molar-refractivity contribution is 7.42. The number of alkyl halides is 12. The molecule has 0 aliphatic carbocycles. The van der Waals surface area contributed by atoms with Crippen molar-refractivity contribution in [2.24, 2.45) is 0 Å². The minimum absolute atomic E-state index is 1.86. The van der Waals surface area contributed by atoms with E-state index in [0.717, 1.165) is 0 Å². The molecule has 0 radical (unpaired) electrons. The minimum Gasteiger partial charge on any atom is -0.272 e. The van der Waals surface area contributed by atoms with Gasteiger partial charge in [-0.2, -0.15) is 43.9 Å². The first-order valence-electron chi connectivity index (χ1n) is 5.39. The van der Waals surface area contributed by atoms with E-state index >= 15 is 0 Å². The van der Waals surface area contributed by atoms with Crippen LogP contribution in [0.25, 0.3) is 0 Å². The predicted octanol–water partition coefficient (Wildman–Crippen LogP) is 6.20. The molecule has 0 saturated heterocycles. The predicted molar refractivity (Wildman–Crippen MR) is 58.7 cm³/mol. The monoisotopic (exact) mass is 446 g/mol. The van der Waals surface area contributed by atoms with Crippen molar-refractivity contribution in [1.82, 2.24) is 0 Å². The molecule has 0 amide bonds. The summed E-state index contributed by atoms with van der Waals surface area (Å²) in [5.41, 5.74) is 0. The lowest BCUT2D eigenvalue weighted by atomic mass is 9.93. The van der Waals surface area contributed by atoms with Gasteiger partial charge in [-0.25, -0.2) is 8.78 Å². The Morgan fingerprint density at radius 3 is 1.38 bits per heavy atom. The average molecular weight is 447 g/mol. The summed E-state index contributed by atoms with van der Waals surface area (Å²) in [6, 6.07) is -1.86. The first-order chi connectivity index (χ1) is 10.2. The van der Waals surface area contributed by atoms with Gasteiger partial charge in [-0.05, 0) is 0 Å². The highest BCUT2D eigenvalue weighted by Gasteiger charge is 2.87. The molecule has 24 heavy (non-hydrogen) atoms. The second-order valence-electron chi connectivity index (χ2n) is 4.47. The van der Waals surface area contributed by atoms with Gasteiger partial charge in [0, 0.05) is 12.5 Å². The summed E-state index contributed by atoms with van der Waals surface area (Å²) in [6.07, 6.45) is -8.19. The van der Waals surface area contributed by atoms with Crippen LogP contribution in [-0.4, -0.2) is 43.1 Å². The first-order valence-corrected chi connectivity index (χ1v) is 9.50. The molecule has 0 aromatic carbocycles. The lowest BCUT2D eigenvalue weighted by Gasteiger charge is -2.39. The van der Waals surface area contributed by atoms with E-state index in [0.29, 0.717) is 0 Å². The molecule has 0 atom stereocenters. The molecule has 0 aliphatic rings. The van der Waals surface area contributed by atoms with Gasteiger partial charge in [0.2, 0.25) is 0 Å². The summed E-state index contributed by atoms with van der Waals surface area (Å²) in [7, 11) is -5.07. The minimum atomic E-state index is -7.62. The molecule has 0 fully saturated rings. The topological polar surface area (TPSA) is 0 Å². The van der Waals surface area contributed by atoms with Crippen LogP contribution in [0.4, 0.5) is 56.8 Å². The highest BCUT2D eigenvalue weighted by Crippen LogP contribution is 2.59. The van der Waals surface area contributed by atoms with Gasteiger partial charge in [0.15, 0.2) is 0 Å². The molecule has 0 aromatic heterocycles. The number of hydrogen-bond donors (Lipinski definition) is 0. The molecule has 0 unspecified atom stereocenters. The summed E-state index contributed by atoms with van der Waals surface area (Å²) in [6.45, 7) is 0.